The SMILES string of the molecule is CC(C)N(CCO)c1ncc(C(=O)O)c2ccccc12. The number of pyridine rings is 1. The van der Waals surface area contributed by atoms with E-state index in [4.69, 9.17) is 0 Å². The number of carboxylic acid groups (broad SMARTS) is 1. The number of anilines is 1. The molecule has 2 aromatic rings. The second-order valence-electron chi connectivity index (χ2n) is 4.86. The highest BCUT2D eigenvalue weighted by atomic mass is 16.4. The normalized spacial score (nSPS) is 11.0. The number of hydrogen-bond donors (Lipinski definition) is 2. The van der Waals surface area contributed by atoms with Gasteiger partial charge in [-0.05, 0) is 13.8 Å². The molecule has 2 N–H and O–H groups in total. The lowest BCUT2D eigenvalue weighted by molar-refractivity contribution is 0.0698. The van der Waals surface area contributed by atoms with Crippen molar-refractivity contribution in [3.63, 3.8) is 0 Å². The molecule has 1 aromatic heterocycles. The molecule has 1 heterocycles. The molecule has 0 spiro atoms. The number of nitrogens with zero attached hydrogens (tertiary/aromatic N) is 2. The third kappa shape index (κ3) is 2.58. The minimum absolute atomic E-state index is 0.0227. The number of carbonyl (C=O) groups is 1. The van der Waals surface area contributed by atoms with Crippen molar-refractivity contribution < 1.29 is 15.0 Å². The Balaban J connectivity index is 2.66. The molecule has 106 valence electrons. The summed E-state index contributed by atoms with van der Waals surface area (Å²) in [6.07, 6.45) is 1.38. The van der Waals surface area contributed by atoms with Gasteiger partial charge in [-0.3, -0.25) is 0 Å². The topological polar surface area (TPSA) is 73.7 Å². The number of aromatic carboxylic acids is 1. The monoisotopic (exact) mass is 274 g/mol. The van der Waals surface area contributed by atoms with E-state index in [0.29, 0.717) is 17.7 Å². The van der Waals surface area contributed by atoms with Crippen molar-refractivity contribution >= 4 is 22.6 Å². The molecule has 0 radical (unpaired) electrons. The van der Waals surface area contributed by atoms with E-state index < -0.39 is 5.97 Å². The van der Waals surface area contributed by atoms with Crippen molar-refractivity contribution in [3.05, 3.63) is 36.0 Å². The smallest absolute Gasteiger partial charge is 0.337 e. The van der Waals surface area contributed by atoms with E-state index in [-0.39, 0.29) is 18.2 Å². The highest BCUT2D eigenvalue weighted by molar-refractivity contribution is 6.06. The molecular formula is C15H18N2O3. The second kappa shape index (κ2) is 5.88. The van der Waals surface area contributed by atoms with Gasteiger partial charge in [0.1, 0.15) is 5.82 Å². The molecule has 5 heteroatoms. The quantitative estimate of drug-likeness (QED) is 0.873. The van der Waals surface area contributed by atoms with Gasteiger partial charge in [0.05, 0.1) is 12.2 Å². The zero-order chi connectivity index (χ0) is 14.7. The average molecular weight is 274 g/mol. The molecule has 1 aromatic carbocycles. The maximum Gasteiger partial charge on any atom is 0.337 e. The first-order chi connectivity index (χ1) is 9.56. The molecule has 5 nitrogen and oxygen atoms in total. The molecule has 0 aliphatic rings. The Morgan fingerprint density at radius 1 is 1.30 bits per heavy atom. The number of fused-ring (bicyclic) bond motifs is 1. The highest BCUT2D eigenvalue weighted by Crippen LogP contribution is 2.28. The summed E-state index contributed by atoms with van der Waals surface area (Å²) in [5.41, 5.74) is 0.192. The third-order valence-corrected chi connectivity index (χ3v) is 3.24. The lowest BCUT2D eigenvalue weighted by atomic mass is 10.1. The highest BCUT2D eigenvalue weighted by Gasteiger charge is 2.18. The summed E-state index contributed by atoms with van der Waals surface area (Å²) in [6, 6.07) is 7.47. The standard InChI is InChI=1S/C15H18N2O3/c1-10(2)17(7-8-18)14-12-6-4-3-5-11(12)13(9-16-14)15(19)20/h3-6,9-10,18H,7-8H2,1-2H3,(H,19,20). The molecule has 0 amide bonds. The zero-order valence-corrected chi connectivity index (χ0v) is 11.6. The van der Waals surface area contributed by atoms with Crippen LogP contribution in [-0.2, 0) is 0 Å². The van der Waals surface area contributed by atoms with E-state index in [9.17, 15) is 15.0 Å². The molecule has 0 unspecified atom stereocenters. The molecule has 0 saturated heterocycles. The fraction of sp³-hybridized carbons (Fsp3) is 0.333. The van der Waals surface area contributed by atoms with Gasteiger partial charge in [0.15, 0.2) is 0 Å². The number of aliphatic hydroxyl groups is 1. The van der Waals surface area contributed by atoms with Gasteiger partial charge in [0.2, 0.25) is 0 Å². The van der Waals surface area contributed by atoms with Crippen LogP contribution in [0.4, 0.5) is 5.82 Å². The van der Waals surface area contributed by atoms with Gasteiger partial charge in [-0.1, -0.05) is 24.3 Å². The summed E-state index contributed by atoms with van der Waals surface area (Å²) in [7, 11) is 0. The van der Waals surface area contributed by atoms with Crippen LogP contribution in [0.5, 0.6) is 0 Å². The lowest BCUT2D eigenvalue weighted by Gasteiger charge is -2.28. The van der Waals surface area contributed by atoms with Gasteiger partial charge in [-0.2, -0.15) is 0 Å². The van der Waals surface area contributed by atoms with E-state index in [0.717, 1.165) is 5.39 Å². The number of rotatable bonds is 5. The Kier molecular flexibility index (Phi) is 4.20. The Morgan fingerprint density at radius 3 is 2.50 bits per heavy atom. The summed E-state index contributed by atoms with van der Waals surface area (Å²) in [5.74, 6) is -0.284. The maximum atomic E-state index is 11.3. The number of carboxylic acids is 1. The van der Waals surface area contributed by atoms with Crippen LogP contribution in [-0.4, -0.2) is 40.4 Å². The Morgan fingerprint density at radius 2 is 1.95 bits per heavy atom. The van der Waals surface area contributed by atoms with Crippen LogP contribution >= 0.6 is 0 Å². The van der Waals surface area contributed by atoms with Crippen molar-refractivity contribution in [1.82, 2.24) is 4.98 Å². The molecule has 0 fully saturated rings. The van der Waals surface area contributed by atoms with Crippen LogP contribution in [0.15, 0.2) is 30.5 Å². The molecule has 20 heavy (non-hydrogen) atoms. The van der Waals surface area contributed by atoms with Gasteiger partial charge in [-0.25, -0.2) is 9.78 Å². The van der Waals surface area contributed by atoms with Crippen molar-refractivity contribution in [1.29, 1.82) is 0 Å². The van der Waals surface area contributed by atoms with E-state index in [1.165, 1.54) is 6.20 Å². The fourth-order valence-corrected chi connectivity index (χ4v) is 2.29. The summed E-state index contributed by atoms with van der Waals surface area (Å²) in [6.45, 7) is 4.50. The summed E-state index contributed by atoms with van der Waals surface area (Å²) in [4.78, 5) is 17.5. The van der Waals surface area contributed by atoms with E-state index >= 15 is 0 Å². The van der Waals surface area contributed by atoms with E-state index in [1.807, 2.05) is 36.9 Å². The average Bonchev–Trinajstić information content (AvgIpc) is 2.43. The first kappa shape index (κ1) is 14.3. The first-order valence-corrected chi connectivity index (χ1v) is 6.54. The maximum absolute atomic E-state index is 11.3. The van der Waals surface area contributed by atoms with Crippen LogP contribution in [0.3, 0.4) is 0 Å². The largest absolute Gasteiger partial charge is 0.478 e. The molecule has 0 saturated carbocycles. The molecule has 0 bridgehead atoms. The van der Waals surface area contributed by atoms with Gasteiger partial charge < -0.3 is 15.1 Å². The molecule has 0 aliphatic heterocycles. The lowest BCUT2D eigenvalue weighted by Crippen LogP contribution is -2.34. The Bertz CT molecular complexity index is 626. The predicted molar refractivity (Wildman–Crippen MR) is 78.3 cm³/mol. The minimum Gasteiger partial charge on any atom is -0.478 e. The zero-order valence-electron chi connectivity index (χ0n) is 11.6. The van der Waals surface area contributed by atoms with Crippen molar-refractivity contribution in [2.75, 3.05) is 18.1 Å². The summed E-state index contributed by atoms with van der Waals surface area (Å²) < 4.78 is 0. The van der Waals surface area contributed by atoms with Crippen LogP contribution in [0.2, 0.25) is 0 Å². The Hall–Kier alpha value is -2.14. The molecule has 0 atom stereocenters. The number of aromatic nitrogens is 1. The fourth-order valence-electron chi connectivity index (χ4n) is 2.29. The number of benzene rings is 1. The van der Waals surface area contributed by atoms with Gasteiger partial charge in [0.25, 0.3) is 0 Å². The third-order valence-electron chi connectivity index (χ3n) is 3.24. The van der Waals surface area contributed by atoms with Crippen LogP contribution in [0.1, 0.15) is 24.2 Å². The van der Waals surface area contributed by atoms with Gasteiger partial charge >= 0.3 is 5.97 Å². The van der Waals surface area contributed by atoms with Crippen molar-refractivity contribution in [3.8, 4) is 0 Å². The van der Waals surface area contributed by atoms with Gasteiger partial charge in [-0.15, -0.1) is 0 Å². The summed E-state index contributed by atoms with van der Waals surface area (Å²) in [5, 5.41) is 19.9. The van der Waals surface area contributed by atoms with E-state index in [1.54, 1.807) is 6.07 Å². The van der Waals surface area contributed by atoms with Crippen LogP contribution < -0.4 is 4.90 Å². The number of hydrogen-bond acceptors (Lipinski definition) is 4. The molecule has 0 aliphatic carbocycles. The predicted octanol–water partition coefficient (Wildman–Crippen LogP) is 2.14. The van der Waals surface area contributed by atoms with Gasteiger partial charge in [0, 0.05) is 29.6 Å². The van der Waals surface area contributed by atoms with Crippen LogP contribution in [0.25, 0.3) is 10.8 Å². The second-order valence-corrected chi connectivity index (χ2v) is 4.86. The molecular weight excluding hydrogens is 256 g/mol. The van der Waals surface area contributed by atoms with E-state index in [2.05, 4.69) is 4.98 Å². The summed E-state index contributed by atoms with van der Waals surface area (Å²) >= 11 is 0. The van der Waals surface area contributed by atoms with Crippen molar-refractivity contribution in [2.45, 2.75) is 19.9 Å². The minimum atomic E-state index is -0.987. The first-order valence-electron chi connectivity index (χ1n) is 6.54. The van der Waals surface area contributed by atoms with Crippen LogP contribution in [0, 0.1) is 0 Å². The Labute approximate surface area is 117 Å². The van der Waals surface area contributed by atoms with Crippen molar-refractivity contribution in [2.24, 2.45) is 0 Å². The number of aliphatic hydroxyl groups excluding tert-OH is 1. The molecule has 2 rings (SSSR count).